The number of ether oxygens (including phenoxy) is 1. The van der Waals surface area contributed by atoms with Crippen LogP contribution < -0.4 is 10.6 Å². The zero-order valence-corrected chi connectivity index (χ0v) is 10.1. The lowest BCUT2D eigenvalue weighted by Crippen LogP contribution is -2.29. The maximum absolute atomic E-state index is 11.0. The predicted molar refractivity (Wildman–Crippen MR) is 61.8 cm³/mol. The molecule has 1 amide bonds. The quantitative estimate of drug-likeness (QED) is 0.560. The van der Waals surface area contributed by atoms with Crippen LogP contribution in [0.1, 0.15) is 27.2 Å². The monoisotopic (exact) mass is 216 g/mol. The minimum absolute atomic E-state index is 0.105. The van der Waals surface area contributed by atoms with Crippen LogP contribution in [0.3, 0.4) is 0 Å². The van der Waals surface area contributed by atoms with Gasteiger partial charge in [0.25, 0.3) is 0 Å². The molecule has 0 saturated carbocycles. The number of hydrogen-bond donors (Lipinski definition) is 2. The Morgan fingerprint density at radius 1 is 1.33 bits per heavy atom. The average Bonchev–Trinajstić information content (AvgIpc) is 2.16. The fourth-order valence-electron chi connectivity index (χ4n) is 1.08. The molecule has 0 atom stereocenters. The summed E-state index contributed by atoms with van der Waals surface area (Å²) in [7, 11) is 0. The Hall–Kier alpha value is -0.610. The first kappa shape index (κ1) is 14.4. The second-order valence-corrected chi connectivity index (χ2v) is 3.92. The molecule has 0 unspecified atom stereocenters. The Morgan fingerprint density at radius 2 is 2.07 bits per heavy atom. The average molecular weight is 216 g/mol. The normalized spacial score (nSPS) is 10.7. The van der Waals surface area contributed by atoms with E-state index < -0.39 is 0 Å². The van der Waals surface area contributed by atoms with E-state index >= 15 is 0 Å². The van der Waals surface area contributed by atoms with Gasteiger partial charge in [-0.15, -0.1) is 0 Å². The number of nitrogens with one attached hydrogen (secondary N) is 2. The summed E-state index contributed by atoms with van der Waals surface area (Å²) in [6, 6.07) is 0. The van der Waals surface area contributed by atoms with Crippen LogP contribution in [0.5, 0.6) is 0 Å². The summed E-state index contributed by atoms with van der Waals surface area (Å²) in [4.78, 5) is 11.0. The van der Waals surface area contributed by atoms with Gasteiger partial charge in [0.05, 0.1) is 6.61 Å². The van der Waals surface area contributed by atoms with Gasteiger partial charge in [-0.2, -0.15) is 0 Å². The SMILES string of the molecule is CCNC(=O)CCNCCOCC(C)C. The lowest BCUT2D eigenvalue weighted by molar-refractivity contribution is -0.120. The molecule has 0 bridgehead atoms. The molecule has 15 heavy (non-hydrogen) atoms. The Bertz CT molecular complexity index is 161. The second kappa shape index (κ2) is 9.93. The first-order valence-electron chi connectivity index (χ1n) is 5.72. The van der Waals surface area contributed by atoms with Crippen LogP contribution in [0.2, 0.25) is 0 Å². The molecule has 0 heterocycles. The molecule has 4 heteroatoms. The molecule has 90 valence electrons. The van der Waals surface area contributed by atoms with E-state index in [1.807, 2.05) is 6.92 Å². The molecule has 0 saturated heterocycles. The van der Waals surface area contributed by atoms with E-state index in [2.05, 4.69) is 24.5 Å². The summed E-state index contributed by atoms with van der Waals surface area (Å²) in [6.45, 7) is 9.93. The molecule has 0 aromatic rings. The van der Waals surface area contributed by atoms with Gasteiger partial charge in [-0.3, -0.25) is 4.79 Å². The second-order valence-electron chi connectivity index (χ2n) is 3.92. The van der Waals surface area contributed by atoms with E-state index in [9.17, 15) is 4.79 Å². The van der Waals surface area contributed by atoms with Gasteiger partial charge in [0, 0.05) is 32.7 Å². The minimum atomic E-state index is 0.105. The first-order chi connectivity index (χ1) is 7.16. The first-order valence-corrected chi connectivity index (χ1v) is 5.72. The maximum atomic E-state index is 11.0. The molecule has 0 aliphatic rings. The van der Waals surface area contributed by atoms with Crippen molar-refractivity contribution < 1.29 is 9.53 Å². The smallest absolute Gasteiger partial charge is 0.221 e. The topological polar surface area (TPSA) is 50.4 Å². The fraction of sp³-hybridized carbons (Fsp3) is 0.909. The van der Waals surface area contributed by atoms with Gasteiger partial charge in [-0.05, 0) is 12.8 Å². The molecule has 4 nitrogen and oxygen atoms in total. The fourth-order valence-corrected chi connectivity index (χ4v) is 1.08. The van der Waals surface area contributed by atoms with Crippen LogP contribution in [0.15, 0.2) is 0 Å². The summed E-state index contributed by atoms with van der Waals surface area (Å²) >= 11 is 0. The van der Waals surface area contributed by atoms with Gasteiger partial charge in [0.15, 0.2) is 0 Å². The Morgan fingerprint density at radius 3 is 2.67 bits per heavy atom. The highest BCUT2D eigenvalue weighted by Gasteiger charge is 1.98. The van der Waals surface area contributed by atoms with E-state index in [-0.39, 0.29) is 5.91 Å². The van der Waals surface area contributed by atoms with Gasteiger partial charge in [-0.1, -0.05) is 13.8 Å². The van der Waals surface area contributed by atoms with Crippen molar-refractivity contribution in [1.82, 2.24) is 10.6 Å². The van der Waals surface area contributed by atoms with Crippen LogP contribution in [0, 0.1) is 5.92 Å². The molecule has 0 aliphatic heterocycles. The van der Waals surface area contributed by atoms with Crippen molar-refractivity contribution >= 4 is 5.91 Å². The van der Waals surface area contributed by atoms with E-state index in [0.717, 1.165) is 19.7 Å². The minimum Gasteiger partial charge on any atom is -0.380 e. The summed E-state index contributed by atoms with van der Waals surface area (Å²) < 4.78 is 5.39. The maximum Gasteiger partial charge on any atom is 0.221 e. The summed E-state index contributed by atoms with van der Waals surface area (Å²) in [5.41, 5.74) is 0. The number of carbonyl (C=O) groups is 1. The van der Waals surface area contributed by atoms with Gasteiger partial charge < -0.3 is 15.4 Å². The van der Waals surface area contributed by atoms with Gasteiger partial charge in [0.1, 0.15) is 0 Å². The third-order valence-electron chi connectivity index (χ3n) is 1.78. The van der Waals surface area contributed by atoms with Crippen molar-refractivity contribution in [2.24, 2.45) is 5.92 Å². The lowest BCUT2D eigenvalue weighted by Gasteiger charge is -2.07. The molecule has 0 aromatic heterocycles. The van der Waals surface area contributed by atoms with Crippen molar-refractivity contribution in [3.05, 3.63) is 0 Å². The molecule has 2 N–H and O–H groups in total. The van der Waals surface area contributed by atoms with Crippen molar-refractivity contribution in [2.75, 3.05) is 32.8 Å². The van der Waals surface area contributed by atoms with Gasteiger partial charge in [-0.25, -0.2) is 0 Å². The number of amides is 1. The summed E-state index contributed by atoms with van der Waals surface area (Å²) in [5.74, 6) is 0.688. The molecule has 0 spiro atoms. The molecule has 0 aromatic carbocycles. The van der Waals surface area contributed by atoms with Gasteiger partial charge >= 0.3 is 0 Å². The molecule has 0 rings (SSSR count). The highest BCUT2D eigenvalue weighted by atomic mass is 16.5. The largest absolute Gasteiger partial charge is 0.380 e. The third kappa shape index (κ3) is 11.3. The van der Waals surface area contributed by atoms with E-state index in [4.69, 9.17) is 4.74 Å². The summed E-state index contributed by atoms with van der Waals surface area (Å²) in [6.07, 6.45) is 0.540. The third-order valence-corrected chi connectivity index (χ3v) is 1.78. The van der Waals surface area contributed by atoms with Crippen LogP contribution in [-0.2, 0) is 9.53 Å². The van der Waals surface area contributed by atoms with E-state index in [0.29, 0.717) is 25.5 Å². The van der Waals surface area contributed by atoms with Crippen molar-refractivity contribution in [3.8, 4) is 0 Å². The number of hydrogen-bond acceptors (Lipinski definition) is 3. The zero-order chi connectivity index (χ0) is 11.5. The van der Waals surface area contributed by atoms with Crippen molar-refractivity contribution in [1.29, 1.82) is 0 Å². The molecule has 0 aliphatic carbocycles. The Labute approximate surface area is 92.8 Å². The molecule has 0 radical (unpaired) electrons. The Balaban J connectivity index is 3.08. The lowest BCUT2D eigenvalue weighted by atomic mass is 10.2. The molecular formula is C11H24N2O2. The number of rotatable bonds is 9. The standard InChI is InChI=1S/C11H24N2O2/c1-4-13-11(14)5-6-12-7-8-15-9-10(2)3/h10,12H,4-9H2,1-3H3,(H,13,14). The zero-order valence-electron chi connectivity index (χ0n) is 10.1. The van der Waals surface area contributed by atoms with Crippen molar-refractivity contribution in [2.45, 2.75) is 27.2 Å². The highest BCUT2D eigenvalue weighted by molar-refractivity contribution is 5.75. The summed E-state index contributed by atoms with van der Waals surface area (Å²) in [5, 5.41) is 5.91. The van der Waals surface area contributed by atoms with Crippen LogP contribution in [0.25, 0.3) is 0 Å². The van der Waals surface area contributed by atoms with Gasteiger partial charge in [0.2, 0.25) is 5.91 Å². The van der Waals surface area contributed by atoms with Crippen LogP contribution in [-0.4, -0.2) is 38.8 Å². The molecule has 0 fully saturated rings. The predicted octanol–water partition coefficient (Wildman–Crippen LogP) is 0.775. The van der Waals surface area contributed by atoms with Crippen LogP contribution >= 0.6 is 0 Å². The van der Waals surface area contributed by atoms with Crippen LogP contribution in [0.4, 0.5) is 0 Å². The number of carbonyl (C=O) groups excluding carboxylic acids is 1. The van der Waals surface area contributed by atoms with E-state index in [1.165, 1.54) is 0 Å². The highest BCUT2D eigenvalue weighted by Crippen LogP contribution is 1.90. The molecular weight excluding hydrogens is 192 g/mol. The van der Waals surface area contributed by atoms with E-state index in [1.54, 1.807) is 0 Å². The Kier molecular flexibility index (Phi) is 9.52. The van der Waals surface area contributed by atoms with Crippen molar-refractivity contribution in [3.63, 3.8) is 0 Å².